The van der Waals surface area contributed by atoms with E-state index in [1.165, 1.54) is 43.2 Å². The lowest BCUT2D eigenvalue weighted by Crippen LogP contribution is -2.25. The fourth-order valence-electron chi connectivity index (χ4n) is 2.75. The molecule has 2 nitrogen and oxygen atoms in total. The molecule has 2 rings (SSSR count). The maximum absolute atomic E-state index is 11.9. The van der Waals surface area contributed by atoms with Gasteiger partial charge < -0.3 is 5.32 Å². The molecule has 0 aromatic heterocycles. The van der Waals surface area contributed by atoms with Gasteiger partial charge in [-0.25, -0.2) is 0 Å². The van der Waals surface area contributed by atoms with Crippen LogP contribution in [-0.2, 0) is 11.3 Å². The van der Waals surface area contributed by atoms with E-state index in [4.69, 9.17) is 0 Å². The molecule has 1 fully saturated rings. The number of hydrogen-bond donors (Lipinski definition) is 1. The highest BCUT2D eigenvalue weighted by atomic mass is 16.1. The molecular formula is C16H23NO. The van der Waals surface area contributed by atoms with Gasteiger partial charge in [-0.15, -0.1) is 0 Å². The fraction of sp³-hybridized carbons (Fsp3) is 0.562. The van der Waals surface area contributed by atoms with E-state index in [0.717, 1.165) is 0 Å². The Balaban J connectivity index is 1.74. The summed E-state index contributed by atoms with van der Waals surface area (Å²) in [7, 11) is 0. The monoisotopic (exact) mass is 245 g/mol. The number of amides is 1. The summed E-state index contributed by atoms with van der Waals surface area (Å²) in [6.45, 7) is 2.74. The van der Waals surface area contributed by atoms with Crippen molar-refractivity contribution in [2.45, 2.75) is 52.0 Å². The van der Waals surface area contributed by atoms with Gasteiger partial charge in [0.25, 0.3) is 0 Å². The number of nitrogens with one attached hydrogen (secondary N) is 1. The van der Waals surface area contributed by atoms with Gasteiger partial charge in [0, 0.05) is 13.0 Å². The van der Waals surface area contributed by atoms with Crippen LogP contribution in [0.25, 0.3) is 0 Å². The Bertz CT molecular complexity index is 394. The van der Waals surface area contributed by atoms with Gasteiger partial charge in [0.1, 0.15) is 0 Å². The van der Waals surface area contributed by atoms with Crippen molar-refractivity contribution in [1.29, 1.82) is 0 Å². The van der Waals surface area contributed by atoms with Crippen LogP contribution in [0.5, 0.6) is 0 Å². The van der Waals surface area contributed by atoms with E-state index in [2.05, 4.69) is 30.4 Å². The highest BCUT2D eigenvalue weighted by Gasteiger charge is 2.16. The second-order valence-electron chi connectivity index (χ2n) is 5.47. The lowest BCUT2D eigenvalue weighted by atomic mass is 9.87. The van der Waals surface area contributed by atoms with Crippen LogP contribution in [-0.4, -0.2) is 5.91 Å². The Morgan fingerprint density at radius 1 is 1.28 bits per heavy atom. The molecule has 0 heterocycles. The van der Waals surface area contributed by atoms with Gasteiger partial charge in [-0.3, -0.25) is 4.79 Å². The maximum atomic E-state index is 11.9. The third kappa shape index (κ3) is 4.17. The SMILES string of the molecule is Cc1cccc(CNC(=O)CC2CCCCC2)c1. The molecule has 0 bridgehead atoms. The first-order chi connectivity index (χ1) is 8.74. The molecule has 1 aromatic carbocycles. The van der Waals surface area contributed by atoms with Crippen molar-refractivity contribution in [2.24, 2.45) is 5.92 Å². The Morgan fingerprint density at radius 2 is 2.06 bits per heavy atom. The zero-order valence-electron chi connectivity index (χ0n) is 11.2. The third-order valence-electron chi connectivity index (χ3n) is 3.77. The summed E-state index contributed by atoms with van der Waals surface area (Å²) in [4.78, 5) is 11.9. The number of carbonyl (C=O) groups is 1. The van der Waals surface area contributed by atoms with E-state index in [-0.39, 0.29) is 5.91 Å². The van der Waals surface area contributed by atoms with E-state index in [1.807, 2.05) is 6.07 Å². The summed E-state index contributed by atoms with van der Waals surface area (Å²) < 4.78 is 0. The van der Waals surface area contributed by atoms with E-state index >= 15 is 0 Å². The standard InChI is InChI=1S/C16H23NO/c1-13-6-5-9-15(10-13)12-17-16(18)11-14-7-3-2-4-8-14/h5-6,9-10,14H,2-4,7-8,11-12H2,1H3,(H,17,18). The van der Waals surface area contributed by atoms with Gasteiger partial charge >= 0.3 is 0 Å². The molecule has 0 unspecified atom stereocenters. The minimum Gasteiger partial charge on any atom is -0.352 e. The van der Waals surface area contributed by atoms with Gasteiger partial charge in [0.15, 0.2) is 0 Å². The number of rotatable bonds is 4. The molecule has 0 radical (unpaired) electrons. The van der Waals surface area contributed by atoms with Crippen LogP contribution >= 0.6 is 0 Å². The Morgan fingerprint density at radius 3 is 2.78 bits per heavy atom. The first-order valence-corrected chi connectivity index (χ1v) is 7.06. The van der Waals surface area contributed by atoms with Crippen molar-refractivity contribution in [3.63, 3.8) is 0 Å². The molecular weight excluding hydrogens is 222 g/mol. The van der Waals surface area contributed by atoms with E-state index in [1.54, 1.807) is 0 Å². The van der Waals surface area contributed by atoms with Gasteiger partial charge in [-0.05, 0) is 31.2 Å². The molecule has 1 N–H and O–H groups in total. The third-order valence-corrected chi connectivity index (χ3v) is 3.77. The molecule has 0 spiro atoms. The normalized spacial score (nSPS) is 16.5. The highest BCUT2D eigenvalue weighted by molar-refractivity contribution is 5.76. The van der Waals surface area contributed by atoms with Crippen molar-refractivity contribution < 1.29 is 4.79 Å². The van der Waals surface area contributed by atoms with E-state index < -0.39 is 0 Å². The van der Waals surface area contributed by atoms with Crippen LogP contribution in [0.2, 0.25) is 0 Å². The zero-order chi connectivity index (χ0) is 12.8. The second-order valence-corrected chi connectivity index (χ2v) is 5.47. The lowest BCUT2D eigenvalue weighted by molar-refractivity contribution is -0.122. The fourth-order valence-corrected chi connectivity index (χ4v) is 2.75. The lowest BCUT2D eigenvalue weighted by Gasteiger charge is -2.20. The quantitative estimate of drug-likeness (QED) is 0.863. The molecule has 1 aromatic rings. The first kappa shape index (κ1) is 13.1. The second kappa shape index (κ2) is 6.58. The average Bonchev–Trinajstić information content (AvgIpc) is 2.38. The number of aryl methyl sites for hydroxylation is 1. The number of benzene rings is 1. The molecule has 1 aliphatic rings. The number of hydrogen-bond acceptors (Lipinski definition) is 1. The number of carbonyl (C=O) groups excluding carboxylic acids is 1. The molecule has 2 heteroatoms. The van der Waals surface area contributed by atoms with Gasteiger partial charge in [0.2, 0.25) is 5.91 Å². The van der Waals surface area contributed by atoms with Crippen molar-refractivity contribution >= 4 is 5.91 Å². The molecule has 0 atom stereocenters. The smallest absolute Gasteiger partial charge is 0.220 e. The summed E-state index contributed by atoms with van der Waals surface area (Å²) in [5.74, 6) is 0.833. The van der Waals surface area contributed by atoms with Crippen LogP contribution in [0, 0.1) is 12.8 Å². The van der Waals surface area contributed by atoms with Crippen LogP contribution in [0.1, 0.15) is 49.7 Å². The van der Waals surface area contributed by atoms with E-state index in [9.17, 15) is 4.79 Å². The summed E-state index contributed by atoms with van der Waals surface area (Å²) in [6.07, 6.45) is 7.13. The minimum absolute atomic E-state index is 0.211. The maximum Gasteiger partial charge on any atom is 0.220 e. The van der Waals surface area contributed by atoms with Crippen molar-refractivity contribution in [2.75, 3.05) is 0 Å². The minimum atomic E-state index is 0.211. The molecule has 1 saturated carbocycles. The predicted octanol–water partition coefficient (Wildman–Crippen LogP) is 3.58. The summed E-state index contributed by atoms with van der Waals surface area (Å²) in [5, 5.41) is 3.03. The van der Waals surface area contributed by atoms with Crippen LogP contribution < -0.4 is 5.32 Å². The average molecular weight is 245 g/mol. The van der Waals surface area contributed by atoms with Crippen LogP contribution in [0.4, 0.5) is 0 Å². The van der Waals surface area contributed by atoms with Gasteiger partial charge in [-0.1, -0.05) is 49.1 Å². The molecule has 0 saturated heterocycles. The Labute approximate surface area is 110 Å². The predicted molar refractivity (Wildman–Crippen MR) is 74.2 cm³/mol. The largest absolute Gasteiger partial charge is 0.352 e. The van der Waals surface area contributed by atoms with Crippen LogP contribution in [0.3, 0.4) is 0 Å². The summed E-state index contributed by atoms with van der Waals surface area (Å²) in [6, 6.07) is 8.31. The Hall–Kier alpha value is -1.31. The Kier molecular flexibility index (Phi) is 4.80. The molecule has 0 aliphatic heterocycles. The first-order valence-electron chi connectivity index (χ1n) is 7.06. The molecule has 1 amide bonds. The van der Waals surface area contributed by atoms with Crippen molar-refractivity contribution in [3.8, 4) is 0 Å². The van der Waals surface area contributed by atoms with Crippen molar-refractivity contribution in [1.82, 2.24) is 5.32 Å². The van der Waals surface area contributed by atoms with Crippen LogP contribution in [0.15, 0.2) is 24.3 Å². The molecule has 18 heavy (non-hydrogen) atoms. The summed E-state index contributed by atoms with van der Waals surface area (Å²) in [5.41, 5.74) is 2.43. The highest BCUT2D eigenvalue weighted by Crippen LogP contribution is 2.26. The van der Waals surface area contributed by atoms with Crippen molar-refractivity contribution in [3.05, 3.63) is 35.4 Å². The zero-order valence-corrected chi connectivity index (χ0v) is 11.2. The van der Waals surface area contributed by atoms with E-state index in [0.29, 0.717) is 18.9 Å². The summed E-state index contributed by atoms with van der Waals surface area (Å²) >= 11 is 0. The van der Waals surface area contributed by atoms with Gasteiger partial charge in [-0.2, -0.15) is 0 Å². The topological polar surface area (TPSA) is 29.1 Å². The van der Waals surface area contributed by atoms with Gasteiger partial charge in [0.05, 0.1) is 0 Å². The molecule has 1 aliphatic carbocycles. The molecule has 98 valence electrons.